The third-order valence-electron chi connectivity index (χ3n) is 5.76. The van der Waals surface area contributed by atoms with Crippen molar-refractivity contribution in [3.05, 3.63) is 34.1 Å². The molecule has 162 valence electrons. The Morgan fingerprint density at radius 3 is 2.47 bits per heavy atom. The third kappa shape index (κ3) is 4.52. The number of aromatic nitrogens is 3. The van der Waals surface area contributed by atoms with Gasteiger partial charge in [-0.05, 0) is 49.6 Å². The Bertz CT molecular complexity index is 1010. The van der Waals surface area contributed by atoms with E-state index in [-0.39, 0.29) is 10.6 Å². The highest BCUT2D eigenvalue weighted by atomic mass is 32.2. The molecule has 0 unspecified atom stereocenters. The standard InChI is InChI=1S/C19H25N5O4S2/c25-24(26)16-13-15(30(27,28)23-11-5-1-2-6-12-23)9-10-17(16)29-19-20-18(21-22-19)14-7-3-4-8-14/h9-10,13-14H,1-8,11-12H2,(H,20,21,22). The summed E-state index contributed by atoms with van der Waals surface area (Å²) in [6.07, 6.45) is 8.11. The summed E-state index contributed by atoms with van der Waals surface area (Å²) in [5.41, 5.74) is -0.247. The van der Waals surface area contributed by atoms with Gasteiger partial charge in [-0.15, -0.1) is 5.10 Å². The van der Waals surface area contributed by atoms with Crippen LogP contribution in [0.25, 0.3) is 0 Å². The summed E-state index contributed by atoms with van der Waals surface area (Å²) < 4.78 is 27.4. The highest BCUT2D eigenvalue weighted by molar-refractivity contribution is 7.99. The Morgan fingerprint density at radius 1 is 1.10 bits per heavy atom. The molecule has 1 aliphatic carbocycles. The molecule has 9 nitrogen and oxygen atoms in total. The quantitative estimate of drug-likeness (QED) is 0.518. The molecule has 1 saturated heterocycles. The van der Waals surface area contributed by atoms with Crippen molar-refractivity contribution in [1.29, 1.82) is 0 Å². The first kappa shape index (κ1) is 21.3. The average Bonchev–Trinajstić information content (AvgIpc) is 3.34. The summed E-state index contributed by atoms with van der Waals surface area (Å²) in [5, 5.41) is 19.2. The van der Waals surface area contributed by atoms with E-state index >= 15 is 0 Å². The number of hydrogen-bond donors (Lipinski definition) is 1. The smallest absolute Gasteiger partial charge is 0.262 e. The van der Waals surface area contributed by atoms with E-state index in [0.29, 0.717) is 29.1 Å². The van der Waals surface area contributed by atoms with Crippen LogP contribution < -0.4 is 0 Å². The van der Waals surface area contributed by atoms with Crippen molar-refractivity contribution in [1.82, 2.24) is 19.5 Å². The van der Waals surface area contributed by atoms with Crippen molar-refractivity contribution in [3.8, 4) is 0 Å². The number of nitro benzene ring substituents is 1. The molecule has 0 radical (unpaired) electrons. The largest absolute Gasteiger partial charge is 0.284 e. The number of benzene rings is 1. The van der Waals surface area contributed by atoms with Crippen LogP contribution in [0.3, 0.4) is 0 Å². The number of aromatic amines is 1. The van der Waals surface area contributed by atoms with Gasteiger partial charge in [0.1, 0.15) is 5.82 Å². The zero-order chi connectivity index (χ0) is 21.1. The summed E-state index contributed by atoms with van der Waals surface area (Å²) in [4.78, 5) is 15.9. The number of hydrogen-bond acceptors (Lipinski definition) is 7. The van der Waals surface area contributed by atoms with Crippen LogP contribution in [0, 0.1) is 10.1 Å². The fourth-order valence-corrected chi connectivity index (χ4v) is 6.45. The maximum atomic E-state index is 13.0. The summed E-state index contributed by atoms with van der Waals surface area (Å²) in [6, 6.07) is 4.09. The maximum absolute atomic E-state index is 13.0. The lowest BCUT2D eigenvalue weighted by Gasteiger charge is -2.20. The molecule has 2 aliphatic rings. The zero-order valence-corrected chi connectivity index (χ0v) is 18.3. The fourth-order valence-electron chi connectivity index (χ4n) is 4.10. The van der Waals surface area contributed by atoms with E-state index in [4.69, 9.17) is 0 Å². The van der Waals surface area contributed by atoms with Crippen molar-refractivity contribution >= 4 is 27.5 Å². The van der Waals surface area contributed by atoms with Crippen LogP contribution in [-0.2, 0) is 10.0 Å². The minimum Gasteiger partial charge on any atom is -0.262 e. The highest BCUT2D eigenvalue weighted by Gasteiger charge is 2.29. The van der Waals surface area contributed by atoms with Crippen LogP contribution in [0.15, 0.2) is 33.1 Å². The number of H-pyrrole nitrogens is 1. The molecule has 11 heteroatoms. The van der Waals surface area contributed by atoms with Gasteiger partial charge in [-0.1, -0.05) is 25.7 Å². The second-order valence-corrected chi connectivity index (χ2v) is 10.7. The van der Waals surface area contributed by atoms with E-state index < -0.39 is 14.9 Å². The van der Waals surface area contributed by atoms with Crippen LogP contribution in [0.1, 0.15) is 63.1 Å². The van der Waals surface area contributed by atoms with Crippen molar-refractivity contribution in [2.24, 2.45) is 0 Å². The summed E-state index contributed by atoms with van der Waals surface area (Å²) >= 11 is 1.08. The minimum atomic E-state index is -3.76. The first-order valence-electron chi connectivity index (χ1n) is 10.3. The van der Waals surface area contributed by atoms with Crippen LogP contribution >= 0.6 is 11.8 Å². The monoisotopic (exact) mass is 451 g/mol. The number of sulfonamides is 1. The topological polar surface area (TPSA) is 122 Å². The Labute approximate surface area is 179 Å². The molecule has 0 amide bonds. The second-order valence-electron chi connectivity index (χ2n) is 7.79. The second kappa shape index (κ2) is 9.03. The van der Waals surface area contributed by atoms with Gasteiger partial charge in [0.2, 0.25) is 15.2 Å². The van der Waals surface area contributed by atoms with E-state index in [9.17, 15) is 18.5 Å². The van der Waals surface area contributed by atoms with Crippen LogP contribution in [0.4, 0.5) is 5.69 Å². The Kier molecular flexibility index (Phi) is 6.40. The molecule has 1 aromatic carbocycles. The van der Waals surface area contributed by atoms with E-state index in [0.717, 1.165) is 62.2 Å². The van der Waals surface area contributed by atoms with Crippen molar-refractivity contribution in [3.63, 3.8) is 0 Å². The third-order valence-corrected chi connectivity index (χ3v) is 8.58. The highest BCUT2D eigenvalue weighted by Crippen LogP contribution is 2.37. The summed E-state index contributed by atoms with van der Waals surface area (Å²) in [7, 11) is -3.76. The van der Waals surface area contributed by atoms with Crippen molar-refractivity contribution < 1.29 is 13.3 Å². The molecule has 1 saturated carbocycles. The van der Waals surface area contributed by atoms with Gasteiger partial charge in [0, 0.05) is 25.1 Å². The molecule has 1 aliphatic heterocycles. The van der Waals surface area contributed by atoms with Gasteiger partial charge in [0.15, 0.2) is 0 Å². The Morgan fingerprint density at radius 2 is 1.80 bits per heavy atom. The minimum absolute atomic E-state index is 0.0397. The Balaban J connectivity index is 1.58. The number of nitrogens with zero attached hydrogens (tertiary/aromatic N) is 4. The van der Waals surface area contributed by atoms with E-state index in [2.05, 4.69) is 15.2 Å². The van der Waals surface area contributed by atoms with Gasteiger partial charge in [-0.25, -0.2) is 13.4 Å². The molecule has 4 rings (SSSR count). The van der Waals surface area contributed by atoms with E-state index in [1.165, 1.54) is 29.3 Å². The summed E-state index contributed by atoms with van der Waals surface area (Å²) in [6.45, 7) is 0.904. The Hall–Kier alpha value is -1.98. The van der Waals surface area contributed by atoms with E-state index in [1.807, 2.05) is 0 Å². The SMILES string of the molecule is O=[N+]([O-])c1cc(S(=O)(=O)N2CCCCCC2)ccc1Sc1n[nH]c(C2CCCC2)n1. The summed E-state index contributed by atoms with van der Waals surface area (Å²) in [5.74, 6) is 1.18. The molecular formula is C19H25N5O4S2. The van der Waals surface area contributed by atoms with Crippen LogP contribution in [0.5, 0.6) is 0 Å². The predicted octanol–water partition coefficient (Wildman–Crippen LogP) is 4.09. The average molecular weight is 452 g/mol. The molecule has 30 heavy (non-hydrogen) atoms. The lowest BCUT2D eigenvalue weighted by Crippen LogP contribution is -2.31. The number of nitro groups is 1. The van der Waals surface area contributed by atoms with Gasteiger partial charge in [0.05, 0.1) is 14.7 Å². The number of nitrogens with one attached hydrogen (secondary N) is 1. The molecule has 2 heterocycles. The molecular weight excluding hydrogens is 426 g/mol. The van der Waals surface area contributed by atoms with Crippen LogP contribution in [-0.4, -0.2) is 45.9 Å². The number of rotatable bonds is 6. The molecule has 0 atom stereocenters. The van der Waals surface area contributed by atoms with Gasteiger partial charge in [-0.3, -0.25) is 15.2 Å². The lowest BCUT2D eigenvalue weighted by atomic mass is 10.1. The molecule has 2 aromatic rings. The van der Waals surface area contributed by atoms with Gasteiger partial charge >= 0.3 is 0 Å². The van der Waals surface area contributed by atoms with Crippen molar-refractivity contribution in [2.75, 3.05) is 13.1 Å². The maximum Gasteiger partial charge on any atom is 0.284 e. The predicted molar refractivity (Wildman–Crippen MR) is 112 cm³/mol. The van der Waals surface area contributed by atoms with Crippen LogP contribution in [0.2, 0.25) is 0 Å². The lowest BCUT2D eigenvalue weighted by molar-refractivity contribution is -0.388. The van der Waals surface area contributed by atoms with Crippen molar-refractivity contribution in [2.45, 2.75) is 72.2 Å². The molecule has 0 spiro atoms. The molecule has 2 fully saturated rings. The zero-order valence-electron chi connectivity index (χ0n) is 16.6. The molecule has 1 aromatic heterocycles. The normalized spacial score (nSPS) is 19.1. The molecule has 0 bridgehead atoms. The van der Waals surface area contributed by atoms with Gasteiger partial charge in [0.25, 0.3) is 5.69 Å². The van der Waals surface area contributed by atoms with Gasteiger partial charge in [-0.2, -0.15) is 4.31 Å². The fraction of sp³-hybridized carbons (Fsp3) is 0.579. The van der Waals surface area contributed by atoms with E-state index in [1.54, 1.807) is 0 Å². The first-order valence-corrected chi connectivity index (χ1v) is 12.6. The van der Waals surface area contributed by atoms with Gasteiger partial charge < -0.3 is 0 Å². The first-order chi connectivity index (χ1) is 14.4. The molecule has 1 N–H and O–H groups in total.